The summed E-state index contributed by atoms with van der Waals surface area (Å²) < 4.78 is 32.7. The van der Waals surface area contributed by atoms with Gasteiger partial charge in [0.15, 0.2) is 0 Å². The molecule has 0 aromatic carbocycles. The standard InChI is InChI=1S/C11H25NO4S/c1-5-10(9-17(12,13)14)8-15-6-7-16-11(2,3)4/h10H,5-9H2,1-4H3,(H2,12,13,14). The SMILES string of the molecule is CCC(COCCOC(C)(C)C)CS(N)(=O)=O. The molecule has 0 saturated carbocycles. The van der Waals surface area contributed by atoms with Crippen LogP contribution in [0.1, 0.15) is 34.1 Å². The van der Waals surface area contributed by atoms with Crippen molar-refractivity contribution in [2.24, 2.45) is 11.1 Å². The molecule has 6 heteroatoms. The Morgan fingerprint density at radius 2 is 1.82 bits per heavy atom. The lowest BCUT2D eigenvalue weighted by Crippen LogP contribution is -2.27. The summed E-state index contributed by atoms with van der Waals surface area (Å²) >= 11 is 0. The topological polar surface area (TPSA) is 78.6 Å². The third kappa shape index (κ3) is 12.1. The van der Waals surface area contributed by atoms with Gasteiger partial charge in [-0.1, -0.05) is 13.3 Å². The molecule has 1 atom stereocenters. The molecule has 0 aliphatic heterocycles. The van der Waals surface area contributed by atoms with Crippen LogP contribution >= 0.6 is 0 Å². The highest BCUT2D eigenvalue weighted by Gasteiger charge is 2.14. The first-order chi connectivity index (χ1) is 7.64. The normalized spacial score (nSPS) is 14.9. The second kappa shape index (κ2) is 7.31. The Hall–Kier alpha value is -0.170. The van der Waals surface area contributed by atoms with Gasteiger partial charge in [0.1, 0.15) is 0 Å². The molecule has 17 heavy (non-hydrogen) atoms. The van der Waals surface area contributed by atoms with Gasteiger partial charge in [-0.15, -0.1) is 0 Å². The minimum absolute atomic E-state index is 0.0242. The molecule has 0 bridgehead atoms. The first-order valence-electron chi connectivity index (χ1n) is 5.86. The van der Waals surface area contributed by atoms with Crippen LogP contribution in [0.5, 0.6) is 0 Å². The van der Waals surface area contributed by atoms with Gasteiger partial charge in [0, 0.05) is 0 Å². The fourth-order valence-electron chi connectivity index (χ4n) is 1.27. The van der Waals surface area contributed by atoms with Crippen molar-refractivity contribution in [2.45, 2.75) is 39.7 Å². The maximum absolute atomic E-state index is 10.9. The average Bonchev–Trinajstić information content (AvgIpc) is 2.11. The predicted molar refractivity (Wildman–Crippen MR) is 68.3 cm³/mol. The molecule has 0 aromatic rings. The first kappa shape index (κ1) is 16.8. The molecule has 0 heterocycles. The smallest absolute Gasteiger partial charge is 0.209 e. The van der Waals surface area contributed by atoms with Gasteiger partial charge in [-0.25, -0.2) is 13.6 Å². The number of ether oxygens (including phenoxy) is 2. The fourth-order valence-corrected chi connectivity index (χ4v) is 2.26. The molecule has 104 valence electrons. The van der Waals surface area contributed by atoms with E-state index >= 15 is 0 Å². The van der Waals surface area contributed by atoms with Gasteiger partial charge in [-0.3, -0.25) is 0 Å². The number of primary sulfonamides is 1. The zero-order chi connectivity index (χ0) is 13.5. The van der Waals surface area contributed by atoms with Crippen LogP contribution in [0.4, 0.5) is 0 Å². The van der Waals surface area contributed by atoms with E-state index in [1.54, 1.807) is 0 Å². The van der Waals surface area contributed by atoms with E-state index in [9.17, 15) is 8.42 Å². The van der Waals surface area contributed by atoms with Crippen molar-refractivity contribution in [3.8, 4) is 0 Å². The van der Waals surface area contributed by atoms with E-state index in [4.69, 9.17) is 14.6 Å². The van der Waals surface area contributed by atoms with Crippen LogP contribution in [0.3, 0.4) is 0 Å². The van der Waals surface area contributed by atoms with Crippen molar-refractivity contribution >= 4 is 10.0 Å². The Kier molecular flexibility index (Phi) is 7.23. The predicted octanol–water partition coefficient (Wildman–Crippen LogP) is 1.13. The van der Waals surface area contributed by atoms with Gasteiger partial charge in [-0.2, -0.15) is 0 Å². The Labute approximate surface area is 105 Å². The Bertz CT molecular complexity index is 295. The maximum Gasteiger partial charge on any atom is 0.209 e. The highest BCUT2D eigenvalue weighted by Crippen LogP contribution is 2.07. The Morgan fingerprint density at radius 3 is 2.24 bits per heavy atom. The Morgan fingerprint density at radius 1 is 1.24 bits per heavy atom. The van der Waals surface area contributed by atoms with E-state index in [0.717, 1.165) is 6.42 Å². The van der Waals surface area contributed by atoms with E-state index < -0.39 is 10.0 Å². The van der Waals surface area contributed by atoms with Crippen molar-refractivity contribution in [3.63, 3.8) is 0 Å². The van der Waals surface area contributed by atoms with E-state index in [1.807, 2.05) is 27.7 Å². The summed E-state index contributed by atoms with van der Waals surface area (Å²) in [4.78, 5) is 0. The highest BCUT2D eigenvalue weighted by atomic mass is 32.2. The molecular formula is C11H25NO4S. The third-order valence-electron chi connectivity index (χ3n) is 2.16. The van der Waals surface area contributed by atoms with Crippen molar-refractivity contribution in [3.05, 3.63) is 0 Å². The van der Waals surface area contributed by atoms with Crippen LogP contribution in [0, 0.1) is 5.92 Å². The van der Waals surface area contributed by atoms with Crippen LogP contribution in [-0.4, -0.2) is 39.6 Å². The van der Waals surface area contributed by atoms with Gasteiger partial charge < -0.3 is 9.47 Å². The summed E-state index contributed by atoms with van der Waals surface area (Å²) in [6.07, 6.45) is 0.733. The number of hydrogen-bond donors (Lipinski definition) is 1. The summed E-state index contributed by atoms with van der Waals surface area (Å²) in [5.74, 6) is -0.0662. The lowest BCUT2D eigenvalue weighted by molar-refractivity contribution is -0.0385. The van der Waals surface area contributed by atoms with Crippen molar-refractivity contribution in [1.29, 1.82) is 0 Å². The maximum atomic E-state index is 10.9. The molecule has 1 unspecified atom stereocenters. The molecule has 0 radical (unpaired) electrons. The number of rotatable bonds is 8. The summed E-state index contributed by atoms with van der Waals surface area (Å²) in [5.41, 5.74) is -0.173. The third-order valence-corrected chi connectivity index (χ3v) is 3.10. The van der Waals surface area contributed by atoms with E-state index in [2.05, 4.69) is 0 Å². The molecule has 0 aliphatic carbocycles. The molecule has 0 amide bonds. The minimum atomic E-state index is -3.41. The molecule has 0 spiro atoms. The summed E-state index contributed by atoms with van der Waals surface area (Å²) in [7, 11) is -3.41. The molecule has 0 rings (SSSR count). The minimum Gasteiger partial charge on any atom is -0.379 e. The molecule has 0 aromatic heterocycles. The molecule has 0 fully saturated rings. The van der Waals surface area contributed by atoms with E-state index in [0.29, 0.717) is 19.8 Å². The molecule has 0 saturated heterocycles. The number of sulfonamides is 1. The fraction of sp³-hybridized carbons (Fsp3) is 1.00. The van der Waals surface area contributed by atoms with Gasteiger partial charge in [0.2, 0.25) is 10.0 Å². The lowest BCUT2D eigenvalue weighted by Gasteiger charge is -2.20. The van der Waals surface area contributed by atoms with Crippen LogP contribution in [0.2, 0.25) is 0 Å². The average molecular weight is 267 g/mol. The first-order valence-corrected chi connectivity index (χ1v) is 7.58. The quantitative estimate of drug-likeness (QED) is 0.669. The van der Waals surface area contributed by atoms with Gasteiger partial charge in [-0.05, 0) is 26.7 Å². The van der Waals surface area contributed by atoms with Gasteiger partial charge >= 0.3 is 0 Å². The van der Waals surface area contributed by atoms with E-state index in [1.165, 1.54) is 0 Å². The second-order valence-corrected chi connectivity index (χ2v) is 6.80. The Balaban J connectivity index is 3.72. The molecule has 2 N–H and O–H groups in total. The van der Waals surface area contributed by atoms with Gasteiger partial charge in [0.25, 0.3) is 0 Å². The second-order valence-electron chi connectivity index (χ2n) is 5.14. The summed E-state index contributed by atoms with van der Waals surface area (Å²) in [5, 5.41) is 4.99. The molecular weight excluding hydrogens is 242 g/mol. The zero-order valence-electron chi connectivity index (χ0n) is 11.2. The molecule has 5 nitrogen and oxygen atoms in total. The van der Waals surface area contributed by atoms with Crippen molar-refractivity contribution in [2.75, 3.05) is 25.6 Å². The number of hydrogen-bond acceptors (Lipinski definition) is 4. The molecule has 0 aliphatic rings. The monoisotopic (exact) mass is 267 g/mol. The van der Waals surface area contributed by atoms with Gasteiger partial charge in [0.05, 0.1) is 31.2 Å². The van der Waals surface area contributed by atoms with Crippen molar-refractivity contribution in [1.82, 2.24) is 0 Å². The summed E-state index contributed by atoms with van der Waals surface area (Å²) in [6, 6.07) is 0. The number of nitrogens with two attached hydrogens (primary N) is 1. The largest absolute Gasteiger partial charge is 0.379 e. The van der Waals surface area contributed by atoms with Crippen LogP contribution in [0.15, 0.2) is 0 Å². The van der Waals surface area contributed by atoms with Crippen LogP contribution < -0.4 is 5.14 Å². The highest BCUT2D eigenvalue weighted by molar-refractivity contribution is 7.89. The van der Waals surface area contributed by atoms with Crippen LogP contribution in [0.25, 0.3) is 0 Å². The van der Waals surface area contributed by atoms with E-state index in [-0.39, 0.29) is 17.3 Å². The summed E-state index contributed by atoms with van der Waals surface area (Å²) in [6.45, 7) is 9.23. The zero-order valence-corrected chi connectivity index (χ0v) is 12.0. The van der Waals surface area contributed by atoms with Crippen molar-refractivity contribution < 1.29 is 17.9 Å². The van der Waals surface area contributed by atoms with Crippen LogP contribution in [-0.2, 0) is 19.5 Å². The lowest BCUT2D eigenvalue weighted by atomic mass is 10.1.